The fourth-order valence-corrected chi connectivity index (χ4v) is 4.57. The first-order valence-electron chi connectivity index (χ1n) is 11.3. The third-order valence-corrected chi connectivity index (χ3v) is 6.45. The molecule has 0 spiro atoms. The number of carbonyl (C=O) groups excluding carboxylic acids is 1. The van der Waals surface area contributed by atoms with Gasteiger partial charge in [-0.25, -0.2) is 8.91 Å². The van der Waals surface area contributed by atoms with Crippen LogP contribution < -0.4 is 11.1 Å². The lowest BCUT2D eigenvalue weighted by atomic mass is 9.91. The van der Waals surface area contributed by atoms with Gasteiger partial charge in [-0.1, -0.05) is 18.9 Å². The molecule has 0 aliphatic heterocycles. The largest absolute Gasteiger partial charge is 0.348 e. The van der Waals surface area contributed by atoms with E-state index in [9.17, 15) is 9.18 Å². The monoisotopic (exact) mass is 443 g/mol. The topological polar surface area (TPSA) is 85.3 Å². The van der Waals surface area contributed by atoms with Crippen molar-refractivity contribution < 1.29 is 9.18 Å². The number of halogens is 1. The van der Waals surface area contributed by atoms with Crippen LogP contribution in [0.25, 0.3) is 27.9 Å². The molecule has 5 rings (SSSR count). The molecule has 0 bridgehead atoms. The molecule has 3 aromatic heterocycles. The van der Waals surface area contributed by atoms with Crippen molar-refractivity contribution in [1.82, 2.24) is 19.9 Å². The van der Waals surface area contributed by atoms with Crippen LogP contribution in [0, 0.1) is 12.7 Å². The summed E-state index contributed by atoms with van der Waals surface area (Å²) in [6.45, 7) is 1.74. The first-order valence-corrected chi connectivity index (χ1v) is 11.3. The van der Waals surface area contributed by atoms with E-state index in [1.807, 2.05) is 30.5 Å². The molecule has 2 atom stereocenters. The predicted octanol–water partition coefficient (Wildman–Crippen LogP) is 4.51. The number of nitrogens with two attached hydrogens (primary N) is 1. The van der Waals surface area contributed by atoms with Crippen LogP contribution in [0.5, 0.6) is 0 Å². The Morgan fingerprint density at radius 2 is 2.00 bits per heavy atom. The summed E-state index contributed by atoms with van der Waals surface area (Å²) in [6, 6.07) is 12.7. The number of amides is 1. The molecule has 3 N–H and O–H groups in total. The SMILES string of the molecule is Cc1cc(-c2ncccc2-c2ccn3ncc(C(=O)N[C@H]4CCCC[C@@H]4N)c3c2)ccc1F. The van der Waals surface area contributed by atoms with Crippen LogP contribution >= 0.6 is 0 Å². The highest BCUT2D eigenvalue weighted by molar-refractivity contribution is 6.01. The summed E-state index contributed by atoms with van der Waals surface area (Å²) >= 11 is 0. The second-order valence-corrected chi connectivity index (χ2v) is 8.70. The average molecular weight is 444 g/mol. The zero-order valence-corrected chi connectivity index (χ0v) is 18.5. The molecule has 168 valence electrons. The van der Waals surface area contributed by atoms with Gasteiger partial charge in [-0.15, -0.1) is 0 Å². The summed E-state index contributed by atoms with van der Waals surface area (Å²) < 4.78 is 15.5. The molecule has 1 fully saturated rings. The van der Waals surface area contributed by atoms with Gasteiger partial charge in [0.15, 0.2) is 0 Å². The van der Waals surface area contributed by atoms with Gasteiger partial charge in [-0.3, -0.25) is 9.78 Å². The normalized spacial score (nSPS) is 18.4. The molecular weight excluding hydrogens is 417 g/mol. The molecule has 4 aromatic rings. The maximum atomic E-state index is 13.8. The lowest BCUT2D eigenvalue weighted by Gasteiger charge is -2.29. The van der Waals surface area contributed by atoms with Gasteiger partial charge in [0.1, 0.15) is 5.82 Å². The smallest absolute Gasteiger partial charge is 0.255 e. The van der Waals surface area contributed by atoms with Crippen LogP contribution in [0.2, 0.25) is 0 Å². The maximum absolute atomic E-state index is 13.8. The first-order chi connectivity index (χ1) is 16.0. The van der Waals surface area contributed by atoms with Crippen LogP contribution in [0.4, 0.5) is 4.39 Å². The highest BCUT2D eigenvalue weighted by Crippen LogP contribution is 2.32. The first kappa shape index (κ1) is 21.3. The van der Waals surface area contributed by atoms with E-state index >= 15 is 0 Å². The molecule has 7 heteroatoms. The molecule has 1 aliphatic carbocycles. The Kier molecular flexibility index (Phi) is 5.64. The minimum Gasteiger partial charge on any atom is -0.348 e. The van der Waals surface area contributed by atoms with E-state index in [1.165, 1.54) is 6.07 Å². The predicted molar refractivity (Wildman–Crippen MR) is 126 cm³/mol. The van der Waals surface area contributed by atoms with E-state index < -0.39 is 0 Å². The number of hydrogen-bond donors (Lipinski definition) is 2. The number of nitrogens with zero attached hydrogens (tertiary/aromatic N) is 3. The lowest BCUT2D eigenvalue weighted by molar-refractivity contribution is 0.0923. The molecule has 33 heavy (non-hydrogen) atoms. The highest BCUT2D eigenvalue weighted by atomic mass is 19.1. The van der Waals surface area contributed by atoms with Gasteiger partial charge in [-0.05, 0) is 67.3 Å². The fourth-order valence-electron chi connectivity index (χ4n) is 4.57. The number of pyridine rings is 2. The van der Waals surface area contributed by atoms with Crippen LogP contribution in [-0.4, -0.2) is 32.6 Å². The third-order valence-electron chi connectivity index (χ3n) is 6.45. The Bertz CT molecular complexity index is 1330. The summed E-state index contributed by atoms with van der Waals surface area (Å²) in [7, 11) is 0. The van der Waals surface area contributed by atoms with Gasteiger partial charge in [0.25, 0.3) is 5.91 Å². The van der Waals surface area contributed by atoms with Crippen molar-refractivity contribution in [1.29, 1.82) is 0 Å². The Labute approximate surface area is 191 Å². The molecule has 0 saturated heterocycles. The van der Waals surface area contributed by atoms with Crippen molar-refractivity contribution >= 4 is 11.4 Å². The number of nitrogens with one attached hydrogen (secondary N) is 1. The van der Waals surface area contributed by atoms with Crippen molar-refractivity contribution in [3.8, 4) is 22.4 Å². The van der Waals surface area contributed by atoms with E-state index in [-0.39, 0.29) is 23.8 Å². The number of rotatable bonds is 4. The highest BCUT2D eigenvalue weighted by Gasteiger charge is 2.25. The summed E-state index contributed by atoms with van der Waals surface area (Å²) in [5.74, 6) is -0.407. The van der Waals surface area contributed by atoms with Crippen molar-refractivity contribution in [3.05, 3.63) is 78.0 Å². The average Bonchev–Trinajstić information content (AvgIpc) is 3.26. The van der Waals surface area contributed by atoms with Crippen LogP contribution in [-0.2, 0) is 0 Å². The Hall–Kier alpha value is -3.58. The van der Waals surface area contributed by atoms with E-state index in [4.69, 9.17) is 5.73 Å². The molecule has 6 nitrogen and oxygen atoms in total. The minimum absolute atomic E-state index is 0.0165. The molecule has 1 aromatic carbocycles. The zero-order valence-electron chi connectivity index (χ0n) is 18.5. The molecule has 3 heterocycles. The minimum atomic E-state index is -0.245. The van der Waals surface area contributed by atoms with Crippen molar-refractivity contribution in [2.45, 2.75) is 44.7 Å². The number of aryl methyl sites for hydroxylation is 1. The van der Waals surface area contributed by atoms with E-state index in [0.29, 0.717) is 16.6 Å². The molecule has 0 radical (unpaired) electrons. The summed E-state index contributed by atoms with van der Waals surface area (Å²) in [5, 5.41) is 7.46. The molecule has 1 aliphatic rings. The number of aromatic nitrogens is 3. The van der Waals surface area contributed by atoms with Crippen LogP contribution in [0.15, 0.2) is 61.1 Å². The summed E-state index contributed by atoms with van der Waals surface area (Å²) in [5.41, 5.74) is 11.4. The van der Waals surface area contributed by atoms with E-state index in [0.717, 1.165) is 48.1 Å². The summed E-state index contributed by atoms with van der Waals surface area (Å²) in [6.07, 6.45) is 9.15. The number of hydrogen-bond acceptors (Lipinski definition) is 4. The Balaban J connectivity index is 1.52. The fraction of sp³-hybridized carbons (Fsp3) is 0.269. The van der Waals surface area contributed by atoms with Crippen molar-refractivity contribution in [2.24, 2.45) is 5.73 Å². The molecular formula is C26H26FN5O. The van der Waals surface area contributed by atoms with Crippen molar-refractivity contribution in [3.63, 3.8) is 0 Å². The molecule has 1 saturated carbocycles. The van der Waals surface area contributed by atoms with Gasteiger partial charge < -0.3 is 11.1 Å². The van der Waals surface area contributed by atoms with Gasteiger partial charge in [0.05, 0.1) is 23.0 Å². The number of benzene rings is 1. The maximum Gasteiger partial charge on any atom is 0.255 e. The standard InChI is InChI=1S/C26H26FN5O/c1-16-13-18(8-9-21(16)27)25-19(5-4-11-29-25)17-10-12-32-24(14-17)20(15-30-32)26(33)31-23-7-3-2-6-22(23)28/h4-5,8-15,22-23H,2-3,6-7,28H2,1H3,(H,31,33)/t22-,23-/m0/s1. The lowest BCUT2D eigenvalue weighted by Crippen LogP contribution is -2.49. The van der Waals surface area contributed by atoms with Crippen LogP contribution in [0.1, 0.15) is 41.6 Å². The van der Waals surface area contributed by atoms with E-state index in [2.05, 4.69) is 15.4 Å². The Morgan fingerprint density at radius 3 is 2.82 bits per heavy atom. The Morgan fingerprint density at radius 1 is 1.15 bits per heavy atom. The number of carbonyl (C=O) groups is 1. The van der Waals surface area contributed by atoms with E-state index in [1.54, 1.807) is 36.0 Å². The zero-order chi connectivity index (χ0) is 22.9. The van der Waals surface area contributed by atoms with Gasteiger partial charge in [0.2, 0.25) is 0 Å². The number of fused-ring (bicyclic) bond motifs is 1. The van der Waals surface area contributed by atoms with Gasteiger partial charge >= 0.3 is 0 Å². The van der Waals surface area contributed by atoms with Crippen LogP contribution in [0.3, 0.4) is 0 Å². The summed E-state index contributed by atoms with van der Waals surface area (Å²) in [4.78, 5) is 17.6. The third kappa shape index (κ3) is 4.12. The molecule has 1 amide bonds. The van der Waals surface area contributed by atoms with Gasteiger partial charge in [0, 0.05) is 35.6 Å². The molecule has 0 unspecified atom stereocenters. The second-order valence-electron chi connectivity index (χ2n) is 8.70. The quantitative estimate of drug-likeness (QED) is 0.486. The second kappa shape index (κ2) is 8.75. The van der Waals surface area contributed by atoms with Crippen molar-refractivity contribution in [2.75, 3.05) is 0 Å². The van der Waals surface area contributed by atoms with Gasteiger partial charge in [-0.2, -0.15) is 5.10 Å².